The summed E-state index contributed by atoms with van der Waals surface area (Å²) in [5, 5.41) is 10.0. The quantitative estimate of drug-likeness (QED) is 0.667. The van der Waals surface area contributed by atoms with E-state index < -0.39 is 0 Å². The number of piperazine rings is 1. The zero-order valence-corrected chi connectivity index (χ0v) is 15.4. The molecule has 5 heteroatoms. The smallest absolute Gasteiger partial charge is 0.137 e. The Morgan fingerprint density at radius 3 is 2.50 bits per heavy atom. The molecule has 1 saturated heterocycles. The van der Waals surface area contributed by atoms with Crippen LogP contribution in [0.15, 0.2) is 53.5 Å². The van der Waals surface area contributed by atoms with Gasteiger partial charge in [-0.15, -0.1) is 0 Å². The standard InChI is InChI=1S/C21H19ClN4/c1-25-10-12-26(13-11-25)21-18-5-3-2-4-16(18)17(8-9-23)19-14-15(22)6-7-20(19)24-21/h2-8,14H,10-13H2,1H3/b17-8+. The second-order valence-corrected chi connectivity index (χ2v) is 7.06. The summed E-state index contributed by atoms with van der Waals surface area (Å²) in [7, 11) is 2.14. The van der Waals surface area contributed by atoms with Crippen LogP contribution < -0.4 is 0 Å². The molecule has 2 aromatic rings. The third kappa shape index (κ3) is 3.01. The Morgan fingerprint density at radius 2 is 1.77 bits per heavy atom. The number of allylic oxidation sites excluding steroid dienone is 1. The number of nitrogens with zero attached hydrogens (tertiary/aromatic N) is 4. The van der Waals surface area contributed by atoms with Crippen LogP contribution in [-0.4, -0.2) is 48.9 Å². The second kappa shape index (κ2) is 6.95. The van der Waals surface area contributed by atoms with Gasteiger partial charge >= 0.3 is 0 Å². The van der Waals surface area contributed by atoms with Crippen LogP contribution in [0.25, 0.3) is 5.57 Å². The Bertz CT molecular complexity index is 947. The normalized spacial score (nSPS) is 18.6. The van der Waals surface area contributed by atoms with Crippen LogP contribution in [0.2, 0.25) is 5.02 Å². The van der Waals surface area contributed by atoms with Crippen molar-refractivity contribution in [1.82, 2.24) is 9.80 Å². The van der Waals surface area contributed by atoms with Crippen molar-refractivity contribution in [2.45, 2.75) is 0 Å². The molecule has 0 radical (unpaired) electrons. The van der Waals surface area contributed by atoms with Crippen LogP contribution >= 0.6 is 11.6 Å². The minimum atomic E-state index is 0.642. The maximum atomic E-state index is 9.36. The molecular weight excluding hydrogens is 344 g/mol. The van der Waals surface area contributed by atoms with Crippen molar-refractivity contribution < 1.29 is 0 Å². The van der Waals surface area contributed by atoms with Gasteiger partial charge in [-0.3, -0.25) is 0 Å². The molecule has 0 amide bonds. The Morgan fingerprint density at radius 1 is 1.04 bits per heavy atom. The fourth-order valence-corrected chi connectivity index (χ4v) is 3.71. The van der Waals surface area contributed by atoms with Gasteiger partial charge in [-0.05, 0) is 30.8 Å². The minimum absolute atomic E-state index is 0.642. The average Bonchev–Trinajstić information content (AvgIpc) is 2.78. The molecule has 130 valence electrons. The van der Waals surface area contributed by atoms with Crippen molar-refractivity contribution in [1.29, 1.82) is 5.26 Å². The molecule has 0 aromatic heterocycles. The Balaban J connectivity index is 1.94. The van der Waals surface area contributed by atoms with Gasteiger partial charge in [0.05, 0.1) is 11.8 Å². The predicted molar refractivity (Wildman–Crippen MR) is 106 cm³/mol. The van der Waals surface area contributed by atoms with Gasteiger partial charge in [-0.2, -0.15) is 5.26 Å². The number of nitriles is 1. The van der Waals surface area contributed by atoms with Gasteiger partial charge in [-0.1, -0.05) is 35.9 Å². The van der Waals surface area contributed by atoms with Crippen LogP contribution in [0.3, 0.4) is 0 Å². The first kappa shape index (κ1) is 16.8. The highest BCUT2D eigenvalue weighted by atomic mass is 35.5. The first-order valence-electron chi connectivity index (χ1n) is 8.69. The molecule has 2 aliphatic rings. The highest BCUT2D eigenvalue weighted by Crippen LogP contribution is 2.38. The number of rotatable bonds is 0. The van der Waals surface area contributed by atoms with Crippen LogP contribution in [0.5, 0.6) is 0 Å². The minimum Gasteiger partial charge on any atom is -0.354 e. The van der Waals surface area contributed by atoms with Crippen molar-refractivity contribution in [3.63, 3.8) is 0 Å². The van der Waals surface area contributed by atoms with E-state index in [2.05, 4.69) is 35.0 Å². The van der Waals surface area contributed by atoms with Crippen molar-refractivity contribution in [3.05, 3.63) is 70.3 Å². The molecular formula is C21H19ClN4. The van der Waals surface area contributed by atoms with E-state index in [1.54, 1.807) is 6.08 Å². The fourth-order valence-electron chi connectivity index (χ4n) is 3.53. The molecule has 0 spiro atoms. The van der Waals surface area contributed by atoms with E-state index in [9.17, 15) is 5.26 Å². The van der Waals surface area contributed by atoms with Gasteiger partial charge in [-0.25, -0.2) is 4.99 Å². The number of halogens is 1. The van der Waals surface area contributed by atoms with Crippen LogP contribution in [0.4, 0.5) is 5.69 Å². The number of benzene rings is 2. The molecule has 0 unspecified atom stereocenters. The number of likely N-dealkylation sites (N-methyl/N-ethyl adjacent to an activating group) is 1. The molecule has 0 N–H and O–H groups in total. The zero-order valence-electron chi connectivity index (χ0n) is 14.6. The van der Waals surface area contributed by atoms with Crippen LogP contribution in [0, 0.1) is 11.3 Å². The van der Waals surface area contributed by atoms with E-state index in [0.29, 0.717) is 5.02 Å². The van der Waals surface area contributed by atoms with Gasteiger partial charge in [0.25, 0.3) is 0 Å². The second-order valence-electron chi connectivity index (χ2n) is 6.62. The van der Waals surface area contributed by atoms with E-state index in [1.807, 2.05) is 30.3 Å². The molecule has 26 heavy (non-hydrogen) atoms. The van der Waals surface area contributed by atoms with Gasteiger partial charge in [0, 0.05) is 54.0 Å². The molecule has 4 rings (SSSR count). The maximum absolute atomic E-state index is 9.36. The fraction of sp³-hybridized carbons (Fsp3) is 0.238. The number of aliphatic imine (C=N–C) groups is 1. The molecule has 1 fully saturated rings. The Labute approximate surface area is 158 Å². The lowest BCUT2D eigenvalue weighted by molar-refractivity contribution is 0.216. The average molecular weight is 363 g/mol. The van der Waals surface area contributed by atoms with Gasteiger partial charge in [0.15, 0.2) is 0 Å². The lowest BCUT2D eigenvalue weighted by atomic mass is 9.93. The van der Waals surface area contributed by atoms with Crippen molar-refractivity contribution in [2.75, 3.05) is 33.2 Å². The molecule has 2 aromatic carbocycles. The topological polar surface area (TPSA) is 42.6 Å². The summed E-state index contributed by atoms with van der Waals surface area (Å²) in [6.07, 6.45) is 1.59. The van der Waals surface area contributed by atoms with E-state index in [4.69, 9.17) is 16.6 Å². The number of hydrogen-bond acceptors (Lipinski definition) is 4. The van der Waals surface area contributed by atoms with E-state index in [-0.39, 0.29) is 0 Å². The first-order valence-corrected chi connectivity index (χ1v) is 9.07. The van der Waals surface area contributed by atoms with Crippen molar-refractivity contribution >= 4 is 28.7 Å². The third-order valence-corrected chi connectivity index (χ3v) is 5.18. The molecule has 2 aliphatic heterocycles. The molecule has 0 bridgehead atoms. The molecule has 4 nitrogen and oxygen atoms in total. The highest BCUT2D eigenvalue weighted by molar-refractivity contribution is 6.31. The van der Waals surface area contributed by atoms with E-state index in [0.717, 1.165) is 60.0 Å². The first-order chi connectivity index (χ1) is 12.7. The SMILES string of the molecule is CN1CCN(C2=Nc3ccc(Cl)cc3/C(=C/C#N)c3ccccc32)CC1. The largest absolute Gasteiger partial charge is 0.354 e. The van der Waals surface area contributed by atoms with Gasteiger partial charge < -0.3 is 9.80 Å². The zero-order chi connectivity index (χ0) is 18.1. The monoisotopic (exact) mass is 362 g/mol. The summed E-state index contributed by atoms with van der Waals surface area (Å²) >= 11 is 6.25. The summed E-state index contributed by atoms with van der Waals surface area (Å²) in [6, 6.07) is 16.0. The van der Waals surface area contributed by atoms with E-state index >= 15 is 0 Å². The van der Waals surface area contributed by atoms with Gasteiger partial charge in [0.2, 0.25) is 0 Å². The van der Waals surface area contributed by atoms with Crippen molar-refractivity contribution in [2.24, 2.45) is 4.99 Å². The van der Waals surface area contributed by atoms with Gasteiger partial charge in [0.1, 0.15) is 5.84 Å². The summed E-state index contributed by atoms with van der Waals surface area (Å²) in [4.78, 5) is 9.69. The molecule has 0 aliphatic carbocycles. The van der Waals surface area contributed by atoms with Crippen molar-refractivity contribution in [3.8, 4) is 6.07 Å². The van der Waals surface area contributed by atoms with Crippen LogP contribution in [0.1, 0.15) is 16.7 Å². The third-order valence-electron chi connectivity index (χ3n) is 4.94. The molecule has 2 heterocycles. The molecule has 0 atom stereocenters. The lowest BCUT2D eigenvalue weighted by Crippen LogP contribution is -2.47. The summed E-state index contributed by atoms with van der Waals surface area (Å²) in [5.74, 6) is 0.971. The summed E-state index contributed by atoms with van der Waals surface area (Å²) in [5.41, 5.74) is 4.70. The number of hydrogen-bond donors (Lipinski definition) is 0. The Hall–Kier alpha value is -2.61. The predicted octanol–water partition coefficient (Wildman–Crippen LogP) is 3.93. The number of amidine groups is 1. The van der Waals surface area contributed by atoms with Crippen LogP contribution in [-0.2, 0) is 0 Å². The number of fused-ring (bicyclic) bond motifs is 2. The molecule has 0 saturated carbocycles. The highest BCUT2D eigenvalue weighted by Gasteiger charge is 2.26. The maximum Gasteiger partial charge on any atom is 0.137 e. The van der Waals surface area contributed by atoms with E-state index in [1.165, 1.54) is 0 Å². The Kier molecular flexibility index (Phi) is 4.50. The summed E-state index contributed by atoms with van der Waals surface area (Å²) < 4.78 is 0. The lowest BCUT2D eigenvalue weighted by Gasteiger charge is -2.35. The summed E-state index contributed by atoms with van der Waals surface area (Å²) in [6.45, 7) is 3.89.